The van der Waals surface area contributed by atoms with Gasteiger partial charge in [0.25, 0.3) is 0 Å². The lowest BCUT2D eigenvalue weighted by atomic mass is 10.1. The van der Waals surface area contributed by atoms with Gasteiger partial charge in [-0.15, -0.1) is 0 Å². The monoisotopic (exact) mass is 246 g/mol. The van der Waals surface area contributed by atoms with Crippen LogP contribution in [0.3, 0.4) is 0 Å². The summed E-state index contributed by atoms with van der Waals surface area (Å²) in [5.74, 6) is 1.30. The van der Waals surface area contributed by atoms with E-state index in [0.29, 0.717) is 17.8 Å². The lowest BCUT2D eigenvalue weighted by molar-refractivity contribution is 0.365. The summed E-state index contributed by atoms with van der Waals surface area (Å²) in [5.41, 5.74) is 2.13. The summed E-state index contributed by atoms with van der Waals surface area (Å²) in [6, 6.07) is 2.25. The highest BCUT2D eigenvalue weighted by atomic mass is 16.5. The number of pyridine rings is 1. The largest absolute Gasteiger partial charge is 0.339 e. The Morgan fingerprint density at radius 1 is 1.44 bits per heavy atom. The van der Waals surface area contributed by atoms with Crippen molar-refractivity contribution in [1.29, 1.82) is 0 Å². The van der Waals surface area contributed by atoms with Crippen molar-refractivity contribution in [2.75, 3.05) is 7.05 Å². The molecule has 0 fully saturated rings. The van der Waals surface area contributed by atoms with E-state index in [-0.39, 0.29) is 0 Å². The molecule has 2 rings (SSSR count). The highest BCUT2D eigenvalue weighted by molar-refractivity contribution is 5.58. The van der Waals surface area contributed by atoms with Crippen LogP contribution in [0.1, 0.15) is 25.3 Å². The standard InChI is InChI=1S/C13H18N4O/c1-4-10-8-15-6-5-11(10)13-16-12(18-17-13)7-9(2)14-3/h5-6,8-9,14H,4,7H2,1-3H3. The van der Waals surface area contributed by atoms with Crippen LogP contribution in [-0.4, -0.2) is 28.2 Å². The number of hydrogen-bond acceptors (Lipinski definition) is 5. The van der Waals surface area contributed by atoms with Crippen LogP contribution in [0.2, 0.25) is 0 Å². The van der Waals surface area contributed by atoms with Crippen molar-refractivity contribution < 1.29 is 4.52 Å². The van der Waals surface area contributed by atoms with Crippen molar-refractivity contribution >= 4 is 0 Å². The Bertz CT molecular complexity index is 509. The molecule has 2 heterocycles. The van der Waals surface area contributed by atoms with Gasteiger partial charge in [0.2, 0.25) is 11.7 Å². The van der Waals surface area contributed by atoms with Gasteiger partial charge < -0.3 is 9.84 Å². The van der Waals surface area contributed by atoms with Gasteiger partial charge in [0.1, 0.15) is 0 Å². The van der Waals surface area contributed by atoms with Crippen LogP contribution in [0.15, 0.2) is 23.0 Å². The minimum absolute atomic E-state index is 0.321. The first-order valence-corrected chi connectivity index (χ1v) is 6.17. The molecular formula is C13H18N4O. The first kappa shape index (κ1) is 12.7. The van der Waals surface area contributed by atoms with Crippen molar-refractivity contribution in [3.8, 4) is 11.4 Å². The minimum Gasteiger partial charge on any atom is -0.339 e. The van der Waals surface area contributed by atoms with E-state index in [2.05, 4.69) is 34.3 Å². The van der Waals surface area contributed by atoms with Crippen LogP contribution >= 0.6 is 0 Å². The zero-order valence-corrected chi connectivity index (χ0v) is 11.0. The second-order valence-corrected chi connectivity index (χ2v) is 4.29. The van der Waals surface area contributed by atoms with Crippen LogP contribution in [-0.2, 0) is 12.8 Å². The van der Waals surface area contributed by atoms with Gasteiger partial charge in [-0.25, -0.2) is 0 Å². The molecule has 0 spiro atoms. The summed E-state index contributed by atoms with van der Waals surface area (Å²) in [6.07, 6.45) is 5.23. The third kappa shape index (κ3) is 2.73. The van der Waals surface area contributed by atoms with Crippen LogP contribution in [0.4, 0.5) is 0 Å². The molecule has 0 bridgehead atoms. The molecule has 0 aliphatic heterocycles. The second-order valence-electron chi connectivity index (χ2n) is 4.29. The number of aryl methyl sites for hydroxylation is 1. The van der Waals surface area contributed by atoms with Gasteiger partial charge in [0.05, 0.1) is 0 Å². The quantitative estimate of drug-likeness (QED) is 0.872. The average molecular weight is 246 g/mol. The Morgan fingerprint density at radius 2 is 2.28 bits per heavy atom. The van der Waals surface area contributed by atoms with Gasteiger partial charge in [0.15, 0.2) is 0 Å². The summed E-state index contributed by atoms with van der Waals surface area (Å²) in [7, 11) is 1.92. The fourth-order valence-corrected chi connectivity index (χ4v) is 1.74. The maximum Gasteiger partial charge on any atom is 0.228 e. The van der Waals surface area contributed by atoms with Gasteiger partial charge in [-0.05, 0) is 32.0 Å². The van der Waals surface area contributed by atoms with Gasteiger partial charge >= 0.3 is 0 Å². The highest BCUT2D eigenvalue weighted by Crippen LogP contribution is 2.20. The minimum atomic E-state index is 0.321. The molecule has 5 heteroatoms. The van der Waals surface area contributed by atoms with E-state index in [9.17, 15) is 0 Å². The van der Waals surface area contributed by atoms with Crippen LogP contribution < -0.4 is 5.32 Å². The molecule has 2 aromatic heterocycles. The molecule has 5 nitrogen and oxygen atoms in total. The topological polar surface area (TPSA) is 63.8 Å². The SMILES string of the molecule is CCc1cnccc1-c1noc(CC(C)NC)n1. The summed E-state index contributed by atoms with van der Waals surface area (Å²) in [6.45, 7) is 4.17. The maximum absolute atomic E-state index is 5.27. The zero-order chi connectivity index (χ0) is 13.0. The second kappa shape index (κ2) is 5.73. The normalized spacial score (nSPS) is 12.6. The summed E-state index contributed by atoms with van der Waals surface area (Å²) in [5, 5.41) is 7.19. The predicted molar refractivity (Wildman–Crippen MR) is 69.1 cm³/mol. The Labute approximate surface area is 107 Å². The molecule has 0 radical (unpaired) electrons. The molecule has 1 unspecified atom stereocenters. The molecule has 18 heavy (non-hydrogen) atoms. The van der Waals surface area contributed by atoms with Crippen molar-refractivity contribution in [1.82, 2.24) is 20.4 Å². The molecule has 0 aromatic carbocycles. The van der Waals surface area contributed by atoms with E-state index in [1.54, 1.807) is 6.20 Å². The Balaban J connectivity index is 2.24. The van der Waals surface area contributed by atoms with E-state index in [4.69, 9.17) is 4.52 Å². The lowest BCUT2D eigenvalue weighted by Crippen LogP contribution is -2.23. The molecule has 2 aromatic rings. The van der Waals surface area contributed by atoms with Crippen molar-refractivity contribution in [3.63, 3.8) is 0 Å². The molecule has 0 amide bonds. The third-order valence-corrected chi connectivity index (χ3v) is 2.97. The van der Waals surface area contributed by atoms with Gasteiger partial charge in [0, 0.05) is 30.4 Å². The summed E-state index contributed by atoms with van der Waals surface area (Å²) >= 11 is 0. The van der Waals surface area contributed by atoms with Gasteiger partial charge in [-0.1, -0.05) is 12.1 Å². The van der Waals surface area contributed by atoms with Crippen LogP contribution in [0.25, 0.3) is 11.4 Å². The van der Waals surface area contributed by atoms with Crippen LogP contribution in [0, 0.1) is 0 Å². The molecule has 0 saturated carbocycles. The molecule has 0 aliphatic carbocycles. The Kier molecular flexibility index (Phi) is 4.04. The number of likely N-dealkylation sites (N-methyl/N-ethyl adjacent to an activating group) is 1. The summed E-state index contributed by atoms with van der Waals surface area (Å²) in [4.78, 5) is 8.55. The first-order valence-electron chi connectivity index (χ1n) is 6.17. The molecular weight excluding hydrogens is 228 g/mol. The van der Waals surface area contributed by atoms with E-state index in [1.165, 1.54) is 0 Å². The molecule has 1 N–H and O–H groups in total. The van der Waals surface area contributed by atoms with Crippen molar-refractivity contribution in [3.05, 3.63) is 29.9 Å². The zero-order valence-electron chi connectivity index (χ0n) is 11.0. The van der Waals surface area contributed by atoms with E-state index in [1.807, 2.05) is 19.3 Å². The molecule has 96 valence electrons. The smallest absolute Gasteiger partial charge is 0.228 e. The molecule has 0 aliphatic rings. The fourth-order valence-electron chi connectivity index (χ4n) is 1.74. The number of nitrogens with zero attached hydrogens (tertiary/aromatic N) is 3. The number of rotatable bonds is 5. The van der Waals surface area contributed by atoms with Gasteiger partial charge in [-0.2, -0.15) is 4.98 Å². The number of hydrogen-bond donors (Lipinski definition) is 1. The van der Waals surface area contributed by atoms with Crippen LogP contribution in [0.5, 0.6) is 0 Å². The summed E-state index contributed by atoms with van der Waals surface area (Å²) < 4.78 is 5.27. The van der Waals surface area contributed by atoms with E-state index in [0.717, 1.165) is 24.0 Å². The Morgan fingerprint density at radius 3 is 3.00 bits per heavy atom. The third-order valence-electron chi connectivity index (χ3n) is 2.97. The fraction of sp³-hybridized carbons (Fsp3) is 0.462. The molecule has 1 atom stereocenters. The van der Waals surface area contributed by atoms with Crippen molar-refractivity contribution in [2.45, 2.75) is 32.7 Å². The van der Waals surface area contributed by atoms with E-state index < -0.39 is 0 Å². The average Bonchev–Trinajstić information content (AvgIpc) is 2.86. The maximum atomic E-state index is 5.27. The van der Waals surface area contributed by atoms with Gasteiger partial charge in [-0.3, -0.25) is 4.98 Å². The number of nitrogens with one attached hydrogen (secondary N) is 1. The number of aromatic nitrogens is 3. The molecule has 0 saturated heterocycles. The highest BCUT2D eigenvalue weighted by Gasteiger charge is 2.13. The Hall–Kier alpha value is -1.75. The first-order chi connectivity index (χ1) is 8.74. The predicted octanol–water partition coefficient (Wildman–Crippen LogP) is 1.84. The van der Waals surface area contributed by atoms with Crippen molar-refractivity contribution in [2.24, 2.45) is 0 Å². The lowest BCUT2D eigenvalue weighted by Gasteiger charge is -2.04. The van der Waals surface area contributed by atoms with E-state index >= 15 is 0 Å².